The molecule has 106 valence electrons. The molecule has 1 heterocycles. The van der Waals surface area contributed by atoms with Gasteiger partial charge in [0, 0.05) is 24.5 Å². The van der Waals surface area contributed by atoms with Crippen molar-refractivity contribution in [2.75, 3.05) is 11.9 Å². The van der Waals surface area contributed by atoms with Crippen molar-refractivity contribution in [3.05, 3.63) is 48.3 Å². The molecule has 0 unspecified atom stereocenters. The van der Waals surface area contributed by atoms with Crippen LogP contribution in [-0.2, 0) is 11.3 Å². The van der Waals surface area contributed by atoms with Crippen molar-refractivity contribution >= 4 is 11.6 Å². The first-order valence-corrected chi connectivity index (χ1v) is 6.85. The smallest absolute Gasteiger partial charge is 0.224 e. The maximum absolute atomic E-state index is 11.9. The van der Waals surface area contributed by atoms with Crippen molar-refractivity contribution in [2.24, 2.45) is 5.73 Å². The number of hydrogen-bond donors (Lipinski definition) is 2. The summed E-state index contributed by atoms with van der Waals surface area (Å²) >= 11 is 0. The molecule has 0 aliphatic carbocycles. The number of amides is 1. The van der Waals surface area contributed by atoms with Gasteiger partial charge < -0.3 is 11.1 Å². The molecule has 5 heteroatoms. The topological polar surface area (TPSA) is 72.9 Å². The molecule has 3 N–H and O–H groups in total. The lowest BCUT2D eigenvalue weighted by Crippen LogP contribution is -2.14. The first-order valence-electron chi connectivity index (χ1n) is 6.85. The minimum atomic E-state index is 0.0337. The fourth-order valence-electron chi connectivity index (χ4n) is 1.99. The molecular weight excluding hydrogens is 252 g/mol. The zero-order valence-corrected chi connectivity index (χ0v) is 11.5. The second-order valence-corrected chi connectivity index (χ2v) is 4.65. The second-order valence-electron chi connectivity index (χ2n) is 4.65. The average Bonchev–Trinajstić information content (AvgIpc) is 2.94. The van der Waals surface area contributed by atoms with Crippen LogP contribution in [0.15, 0.2) is 42.7 Å². The van der Waals surface area contributed by atoms with E-state index in [0.717, 1.165) is 24.1 Å². The minimum Gasteiger partial charge on any atom is -0.330 e. The van der Waals surface area contributed by atoms with Crippen LogP contribution in [0.4, 0.5) is 5.69 Å². The molecular formula is C15H20N4O. The summed E-state index contributed by atoms with van der Waals surface area (Å²) in [5, 5.41) is 7.14. The van der Waals surface area contributed by atoms with E-state index in [1.165, 1.54) is 0 Å². The normalized spacial score (nSPS) is 10.4. The molecule has 2 rings (SSSR count). The number of aromatic nitrogens is 2. The first kappa shape index (κ1) is 14.3. The van der Waals surface area contributed by atoms with Crippen LogP contribution < -0.4 is 11.1 Å². The highest BCUT2D eigenvalue weighted by Gasteiger charge is 2.07. The Labute approximate surface area is 118 Å². The lowest BCUT2D eigenvalue weighted by molar-refractivity contribution is -0.116. The maximum Gasteiger partial charge on any atom is 0.224 e. The van der Waals surface area contributed by atoms with E-state index < -0.39 is 0 Å². The third kappa shape index (κ3) is 4.20. The molecule has 0 atom stereocenters. The molecule has 1 aromatic carbocycles. The minimum absolute atomic E-state index is 0.0337. The van der Waals surface area contributed by atoms with Crippen molar-refractivity contribution in [1.82, 2.24) is 9.78 Å². The highest BCUT2D eigenvalue weighted by molar-refractivity contribution is 5.91. The molecule has 0 fully saturated rings. The summed E-state index contributed by atoms with van der Waals surface area (Å²) in [5.74, 6) is 0.0337. The number of anilines is 1. The summed E-state index contributed by atoms with van der Waals surface area (Å²) in [7, 11) is 0. The SMILES string of the molecule is NCCCCC(=O)Nc1ccccc1Cn1cccn1. The molecule has 20 heavy (non-hydrogen) atoms. The van der Waals surface area contributed by atoms with Crippen molar-refractivity contribution in [2.45, 2.75) is 25.8 Å². The Hall–Kier alpha value is -2.14. The third-order valence-corrected chi connectivity index (χ3v) is 3.04. The average molecular weight is 272 g/mol. The Bertz CT molecular complexity index is 537. The van der Waals surface area contributed by atoms with E-state index in [1.807, 2.05) is 41.2 Å². The fraction of sp³-hybridized carbons (Fsp3) is 0.333. The molecule has 2 aromatic rings. The predicted octanol–water partition coefficient (Wildman–Crippen LogP) is 2.00. The van der Waals surface area contributed by atoms with E-state index in [-0.39, 0.29) is 5.91 Å². The summed E-state index contributed by atoms with van der Waals surface area (Å²) in [6.07, 6.45) is 5.85. The van der Waals surface area contributed by atoms with Gasteiger partial charge in [-0.3, -0.25) is 9.48 Å². The van der Waals surface area contributed by atoms with E-state index in [2.05, 4.69) is 10.4 Å². The first-order chi connectivity index (χ1) is 9.79. The molecule has 0 aliphatic rings. The van der Waals surface area contributed by atoms with E-state index in [1.54, 1.807) is 6.20 Å². The van der Waals surface area contributed by atoms with Crippen LogP contribution in [-0.4, -0.2) is 22.2 Å². The van der Waals surface area contributed by atoms with Gasteiger partial charge in [0.15, 0.2) is 0 Å². The molecule has 0 radical (unpaired) electrons. The number of carbonyl (C=O) groups excluding carboxylic acids is 1. The van der Waals surface area contributed by atoms with Crippen molar-refractivity contribution in [1.29, 1.82) is 0 Å². The molecule has 1 amide bonds. The fourth-order valence-corrected chi connectivity index (χ4v) is 1.99. The molecule has 0 saturated carbocycles. The van der Waals surface area contributed by atoms with E-state index in [9.17, 15) is 4.79 Å². The standard InChI is InChI=1S/C15H20N4O/c16-9-4-3-8-15(20)18-14-7-2-1-6-13(14)12-19-11-5-10-17-19/h1-2,5-7,10-11H,3-4,8-9,12,16H2,(H,18,20). The van der Waals surface area contributed by atoms with Gasteiger partial charge in [-0.15, -0.1) is 0 Å². The highest BCUT2D eigenvalue weighted by atomic mass is 16.1. The predicted molar refractivity (Wildman–Crippen MR) is 79.3 cm³/mol. The number of unbranched alkanes of at least 4 members (excludes halogenated alkanes) is 1. The molecule has 0 spiro atoms. The molecule has 0 bridgehead atoms. The molecule has 5 nitrogen and oxygen atoms in total. The van der Waals surface area contributed by atoms with Crippen molar-refractivity contribution in [3.8, 4) is 0 Å². The molecule has 1 aromatic heterocycles. The van der Waals surface area contributed by atoms with Crippen molar-refractivity contribution in [3.63, 3.8) is 0 Å². The second kappa shape index (κ2) is 7.45. The summed E-state index contributed by atoms with van der Waals surface area (Å²) in [4.78, 5) is 11.9. The largest absolute Gasteiger partial charge is 0.330 e. The van der Waals surface area contributed by atoms with Gasteiger partial charge in [-0.1, -0.05) is 18.2 Å². The van der Waals surface area contributed by atoms with Crippen LogP contribution in [0.5, 0.6) is 0 Å². The zero-order valence-electron chi connectivity index (χ0n) is 11.5. The van der Waals surface area contributed by atoms with Gasteiger partial charge in [0.1, 0.15) is 0 Å². The summed E-state index contributed by atoms with van der Waals surface area (Å²) in [6, 6.07) is 9.68. The third-order valence-electron chi connectivity index (χ3n) is 3.04. The number of nitrogens with one attached hydrogen (secondary N) is 1. The zero-order chi connectivity index (χ0) is 14.2. The number of nitrogens with zero attached hydrogens (tertiary/aromatic N) is 2. The number of nitrogens with two attached hydrogens (primary N) is 1. The highest BCUT2D eigenvalue weighted by Crippen LogP contribution is 2.16. The van der Waals surface area contributed by atoms with Crippen LogP contribution in [0.2, 0.25) is 0 Å². The molecule has 0 aliphatic heterocycles. The number of rotatable bonds is 7. The number of carbonyl (C=O) groups is 1. The van der Waals surface area contributed by atoms with Gasteiger partial charge in [-0.05, 0) is 37.1 Å². The summed E-state index contributed by atoms with van der Waals surface area (Å²) in [6.45, 7) is 1.27. The monoisotopic (exact) mass is 272 g/mol. The number of benzene rings is 1. The summed E-state index contributed by atoms with van der Waals surface area (Å²) < 4.78 is 1.83. The summed E-state index contributed by atoms with van der Waals surface area (Å²) in [5.41, 5.74) is 7.32. The number of hydrogen-bond acceptors (Lipinski definition) is 3. The van der Waals surface area contributed by atoms with Crippen LogP contribution in [0.1, 0.15) is 24.8 Å². The lowest BCUT2D eigenvalue weighted by Gasteiger charge is -2.11. The van der Waals surface area contributed by atoms with E-state index in [0.29, 0.717) is 19.5 Å². The molecule has 0 saturated heterocycles. The Morgan fingerprint density at radius 3 is 2.85 bits per heavy atom. The lowest BCUT2D eigenvalue weighted by atomic mass is 10.1. The Balaban J connectivity index is 1.98. The Kier molecular flexibility index (Phi) is 5.32. The Morgan fingerprint density at radius 1 is 1.25 bits per heavy atom. The van der Waals surface area contributed by atoms with E-state index >= 15 is 0 Å². The van der Waals surface area contributed by atoms with Gasteiger partial charge in [0.25, 0.3) is 0 Å². The van der Waals surface area contributed by atoms with Crippen LogP contribution in [0.25, 0.3) is 0 Å². The van der Waals surface area contributed by atoms with Crippen LogP contribution in [0, 0.1) is 0 Å². The Morgan fingerprint density at radius 2 is 2.10 bits per heavy atom. The van der Waals surface area contributed by atoms with Crippen molar-refractivity contribution < 1.29 is 4.79 Å². The van der Waals surface area contributed by atoms with Gasteiger partial charge >= 0.3 is 0 Å². The van der Waals surface area contributed by atoms with Gasteiger partial charge in [-0.25, -0.2) is 0 Å². The quantitative estimate of drug-likeness (QED) is 0.757. The van der Waals surface area contributed by atoms with Gasteiger partial charge in [-0.2, -0.15) is 5.10 Å². The van der Waals surface area contributed by atoms with Gasteiger partial charge in [0.2, 0.25) is 5.91 Å². The number of para-hydroxylation sites is 1. The van der Waals surface area contributed by atoms with Crippen LogP contribution in [0.3, 0.4) is 0 Å². The maximum atomic E-state index is 11.9. The van der Waals surface area contributed by atoms with Gasteiger partial charge in [0.05, 0.1) is 6.54 Å². The van der Waals surface area contributed by atoms with Crippen LogP contribution >= 0.6 is 0 Å². The van der Waals surface area contributed by atoms with E-state index in [4.69, 9.17) is 5.73 Å².